The Morgan fingerprint density at radius 3 is 1.77 bits per heavy atom. The fourth-order valence-electron chi connectivity index (χ4n) is 4.05. The van der Waals surface area contributed by atoms with Gasteiger partial charge in [-0.15, -0.1) is 0 Å². The van der Waals surface area contributed by atoms with E-state index in [1.165, 1.54) is 60.3 Å². The summed E-state index contributed by atoms with van der Waals surface area (Å²) in [6.45, 7) is 2.13. The van der Waals surface area contributed by atoms with Gasteiger partial charge in [-0.25, -0.2) is 0 Å². The van der Waals surface area contributed by atoms with Crippen molar-refractivity contribution in [3.05, 3.63) is 90.0 Å². The molecule has 1 fully saturated rings. The molecule has 0 bridgehead atoms. The summed E-state index contributed by atoms with van der Waals surface area (Å²) in [5.41, 5.74) is 6.41. The molecular formula is C25H27N. The number of nitrogens with zero attached hydrogens (tertiary/aromatic N) is 1. The Bertz CT molecular complexity index is 812. The SMILES string of the molecule is Cc1ccc(N(c2ccccc2)c2ccc(C3CCCCC3)cc2)cc1. The molecule has 0 atom stereocenters. The fraction of sp³-hybridized carbons (Fsp3) is 0.280. The van der Waals surface area contributed by atoms with Crippen LogP contribution in [0.15, 0.2) is 78.9 Å². The minimum absolute atomic E-state index is 0.752. The third kappa shape index (κ3) is 3.67. The lowest BCUT2D eigenvalue weighted by molar-refractivity contribution is 0.443. The van der Waals surface area contributed by atoms with Gasteiger partial charge in [0.25, 0.3) is 0 Å². The van der Waals surface area contributed by atoms with Crippen LogP contribution in [0.2, 0.25) is 0 Å². The maximum atomic E-state index is 2.34. The molecule has 3 aromatic carbocycles. The number of para-hydroxylation sites is 1. The second-order valence-electron chi connectivity index (χ2n) is 7.43. The quantitative estimate of drug-likeness (QED) is 0.474. The first-order valence-corrected chi connectivity index (χ1v) is 9.83. The van der Waals surface area contributed by atoms with Gasteiger partial charge >= 0.3 is 0 Å². The highest BCUT2D eigenvalue weighted by Crippen LogP contribution is 2.37. The van der Waals surface area contributed by atoms with Gasteiger partial charge in [-0.3, -0.25) is 0 Å². The molecule has 1 aliphatic carbocycles. The molecule has 4 rings (SSSR count). The van der Waals surface area contributed by atoms with E-state index in [4.69, 9.17) is 0 Å². The molecule has 26 heavy (non-hydrogen) atoms. The smallest absolute Gasteiger partial charge is 0.0461 e. The Kier molecular flexibility index (Phi) is 5.06. The van der Waals surface area contributed by atoms with E-state index in [1.54, 1.807) is 0 Å². The van der Waals surface area contributed by atoms with Crippen molar-refractivity contribution in [2.75, 3.05) is 4.90 Å². The molecule has 0 unspecified atom stereocenters. The monoisotopic (exact) mass is 341 g/mol. The average Bonchev–Trinajstić information content (AvgIpc) is 2.72. The fourth-order valence-corrected chi connectivity index (χ4v) is 4.05. The number of aryl methyl sites for hydroxylation is 1. The summed E-state index contributed by atoms with van der Waals surface area (Å²) in [6.07, 6.45) is 6.86. The van der Waals surface area contributed by atoms with Crippen molar-refractivity contribution in [3.63, 3.8) is 0 Å². The van der Waals surface area contributed by atoms with Gasteiger partial charge in [-0.1, -0.05) is 67.3 Å². The molecule has 0 spiro atoms. The van der Waals surface area contributed by atoms with Gasteiger partial charge in [-0.05, 0) is 67.6 Å². The minimum Gasteiger partial charge on any atom is -0.311 e. The Labute approximate surface area is 157 Å². The lowest BCUT2D eigenvalue weighted by Gasteiger charge is -2.27. The summed E-state index contributed by atoms with van der Waals surface area (Å²) in [6, 6.07) is 28.7. The van der Waals surface area contributed by atoms with Crippen LogP contribution >= 0.6 is 0 Å². The van der Waals surface area contributed by atoms with E-state index in [1.807, 2.05) is 0 Å². The summed E-state index contributed by atoms with van der Waals surface area (Å²) >= 11 is 0. The highest BCUT2D eigenvalue weighted by molar-refractivity contribution is 5.76. The number of anilines is 3. The van der Waals surface area contributed by atoms with Crippen LogP contribution in [-0.4, -0.2) is 0 Å². The predicted molar refractivity (Wildman–Crippen MR) is 112 cm³/mol. The molecule has 1 saturated carbocycles. The highest BCUT2D eigenvalue weighted by Gasteiger charge is 2.17. The van der Waals surface area contributed by atoms with E-state index in [0.29, 0.717) is 0 Å². The molecule has 1 heteroatoms. The van der Waals surface area contributed by atoms with Crippen LogP contribution in [0.4, 0.5) is 17.1 Å². The largest absolute Gasteiger partial charge is 0.311 e. The molecule has 0 heterocycles. The van der Waals surface area contributed by atoms with E-state index < -0.39 is 0 Å². The lowest BCUT2D eigenvalue weighted by atomic mass is 9.84. The predicted octanol–water partition coefficient (Wildman–Crippen LogP) is 7.51. The van der Waals surface area contributed by atoms with Gasteiger partial charge < -0.3 is 4.90 Å². The van der Waals surface area contributed by atoms with Gasteiger partial charge in [0.1, 0.15) is 0 Å². The van der Waals surface area contributed by atoms with Gasteiger partial charge in [0, 0.05) is 17.1 Å². The number of hydrogen-bond donors (Lipinski definition) is 0. The average molecular weight is 341 g/mol. The maximum Gasteiger partial charge on any atom is 0.0461 e. The van der Waals surface area contributed by atoms with Crippen LogP contribution in [0.1, 0.15) is 49.1 Å². The summed E-state index contributed by atoms with van der Waals surface area (Å²) in [5.74, 6) is 0.752. The summed E-state index contributed by atoms with van der Waals surface area (Å²) in [5, 5.41) is 0. The first kappa shape index (κ1) is 16.9. The molecule has 1 nitrogen and oxygen atoms in total. The second-order valence-corrected chi connectivity index (χ2v) is 7.43. The zero-order chi connectivity index (χ0) is 17.8. The number of hydrogen-bond acceptors (Lipinski definition) is 1. The molecule has 0 N–H and O–H groups in total. The molecule has 0 saturated heterocycles. The van der Waals surface area contributed by atoms with Gasteiger partial charge in [0.05, 0.1) is 0 Å². The molecule has 0 aliphatic heterocycles. The van der Waals surface area contributed by atoms with Gasteiger partial charge in [0.15, 0.2) is 0 Å². The highest BCUT2D eigenvalue weighted by atomic mass is 15.1. The van der Waals surface area contributed by atoms with Crippen molar-refractivity contribution >= 4 is 17.1 Å². The first-order chi connectivity index (χ1) is 12.8. The third-order valence-corrected chi connectivity index (χ3v) is 5.53. The normalized spacial score (nSPS) is 15.0. The summed E-state index contributed by atoms with van der Waals surface area (Å²) < 4.78 is 0. The maximum absolute atomic E-state index is 2.34. The van der Waals surface area contributed by atoms with Crippen molar-refractivity contribution in [2.45, 2.75) is 44.9 Å². The van der Waals surface area contributed by atoms with Gasteiger partial charge in [0.2, 0.25) is 0 Å². The van der Waals surface area contributed by atoms with Crippen LogP contribution in [0.25, 0.3) is 0 Å². The Morgan fingerprint density at radius 2 is 1.15 bits per heavy atom. The molecule has 3 aromatic rings. The van der Waals surface area contributed by atoms with E-state index in [0.717, 1.165) is 5.92 Å². The third-order valence-electron chi connectivity index (χ3n) is 5.53. The van der Waals surface area contributed by atoms with E-state index >= 15 is 0 Å². The van der Waals surface area contributed by atoms with Crippen molar-refractivity contribution in [1.82, 2.24) is 0 Å². The zero-order valence-corrected chi connectivity index (χ0v) is 15.6. The lowest BCUT2D eigenvalue weighted by Crippen LogP contribution is -2.10. The molecule has 0 amide bonds. The van der Waals surface area contributed by atoms with Crippen molar-refractivity contribution in [1.29, 1.82) is 0 Å². The standard InChI is InChI=1S/C25H27N/c1-20-12-16-24(17-13-20)26(23-10-6-3-7-11-23)25-18-14-22(15-19-25)21-8-4-2-5-9-21/h3,6-7,10-19,21H,2,4-5,8-9H2,1H3. The van der Waals surface area contributed by atoms with Crippen LogP contribution in [0.5, 0.6) is 0 Å². The number of rotatable bonds is 4. The first-order valence-electron chi connectivity index (χ1n) is 9.83. The van der Waals surface area contributed by atoms with Crippen LogP contribution < -0.4 is 4.90 Å². The summed E-state index contributed by atoms with van der Waals surface area (Å²) in [7, 11) is 0. The Balaban J connectivity index is 1.68. The van der Waals surface area contributed by atoms with Gasteiger partial charge in [-0.2, -0.15) is 0 Å². The van der Waals surface area contributed by atoms with E-state index in [2.05, 4.69) is 90.7 Å². The second kappa shape index (κ2) is 7.78. The molecule has 132 valence electrons. The van der Waals surface area contributed by atoms with Crippen LogP contribution in [-0.2, 0) is 0 Å². The zero-order valence-electron chi connectivity index (χ0n) is 15.6. The van der Waals surface area contributed by atoms with Crippen LogP contribution in [0.3, 0.4) is 0 Å². The van der Waals surface area contributed by atoms with E-state index in [-0.39, 0.29) is 0 Å². The number of benzene rings is 3. The Hall–Kier alpha value is -2.54. The molecule has 1 aliphatic rings. The van der Waals surface area contributed by atoms with Crippen molar-refractivity contribution in [2.24, 2.45) is 0 Å². The molecular weight excluding hydrogens is 314 g/mol. The van der Waals surface area contributed by atoms with Crippen molar-refractivity contribution in [3.8, 4) is 0 Å². The molecule has 0 radical (unpaired) electrons. The molecule has 0 aromatic heterocycles. The van der Waals surface area contributed by atoms with E-state index in [9.17, 15) is 0 Å². The Morgan fingerprint density at radius 1 is 0.615 bits per heavy atom. The van der Waals surface area contributed by atoms with Crippen molar-refractivity contribution < 1.29 is 0 Å². The minimum atomic E-state index is 0.752. The summed E-state index contributed by atoms with van der Waals surface area (Å²) in [4.78, 5) is 2.34. The van der Waals surface area contributed by atoms with Crippen LogP contribution in [0, 0.1) is 6.92 Å². The topological polar surface area (TPSA) is 3.24 Å².